The maximum atomic E-state index is 13.2. The van der Waals surface area contributed by atoms with Gasteiger partial charge >= 0.3 is 0 Å². The Balaban J connectivity index is -0.00000173. The molecule has 0 saturated heterocycles. The summed E-state index contributed by atoms with van der Waals surface area (Å²) in [4.78, 5) is 106. The van der Waals surface area contributed by atoms with E-state index >= 15 is 0 Å². The first-order valence-corrected chi connectivity index (χ1v) is 45.0. The van der Waals surface area contributed by atoms with Crippen LogP contribution in [-0.4, -0.2) is 232 Å². The van der Waals surface area contributed by atoms with E-state index in [0.29, 0.717) is 171 Å². The van der Waals surface area contributed by atoms with E-state index in [-0.39, 0.29) is 166 Å². The molecule has 0 heterocycles. The molecule has 2 radical (unpaired) electrons. The Morgan fingerprint density at radius 3 is 0.950 bits per heavy atom. The van der Waals surface area contributed by atoms with Gasteiger partial charge in [0.05, 0.1) is 125 Å². The number of nitrogens with one attached hydrogen (secondary N) is 9. The summed E-state index contributed by atoms with van der Waals surface area (Å²) in [5, 5.41) is 39.3. The van der Waals surface area contributed by atoms with Gasteiger partial charge in [-0.05, 0) is 92.8 Å². The number of nitrogens with zero attached hydrogens (tertiary/aromatic N) is 4. The molecule has 13 N–H and O–H groups in total. The molecule has 3 unspecified atom stereocenters. The SMILES string of the molecule is CC(=O)N[C@@H](Cc1ccccc1)C(=O)NO.CNC(=O)CCCOc1cc(C)c(CN(C)OP)c(OC)c1.CNC(=O)CCCOc1cc(OC)c(CN(O)C(=O)[C@@H]([NH-])Cc2ccccc2)c(OC)c1.CNC(=O)CCCOc1cc(OC)c(CN(OP)C(=O)[C@@H]([NH-])Cc2ccccc2)c(OC)c1.CNC(=O)CCCOc1cc(OC)c(CN(OP)C(=O)[C@H](Cc2ccccc2)NC)c(OC)c1.O.[3HH].[3HH].[3HH].[Ac].[Ac]. The largest absolute Gasteiger partial charge is 0.666 e. The van der Waals surface area contributed by atoms with E-state index in [1.807, 2.05) is 157 Å². The van der Waals surface area contributed by atoms with Crippen molar-refractivity contribution in [3.05, 3.63) is 231 Å². The molecular weight excluding hydrogens is 2300 g/mol. The fourth-order valence-electron chi connectivity index (χ4n) is 13.1. The molecule has 39 nitrogen and oxygen atoms in total. The second-order valence-electron chi connectivity index (χ2n) is 30.0. The van der Waals surface area contributed by atoms with Gasteiger partial charge in [-0.2, -0.15) is 5.06 Å². The van der Waals surface area contributed by atoms with Gasteiger partial charge in [-0.3, -0.25) is 67.4 Å². The zero-order valence-electron chi connectivity index (χ0n) is 82.1. The smallest absolute Gasteiger partial charge is 0.266 e. The predicted octanol–water partition coefficient (Wildman–Crippen LogP) is 11.0. The van der Waals surface area contributed by atoms with Crippen LogP contribution in [0.2, 0.25) is 0 Å². The minimum atomic E-state index is -1.15. The second-order valence-corrected chi connectivity index (χ2v) is 30.7. The molecule has 0 aliphatic carbocycles. The van der Waals surface area contributed by atoms with Crippen molar-refractivity contribution in [3.63, 3.8) is 0 Å². The van der Waals surface area contributed by atoms with Crippen LogP contribution >= 0.6 is 28.4 Å². The van der Waals surface area contributed by atoms with Gasteiger partial charge < -0.3 is 101 Å². The van der Waals surface area contributed by atoms with Crippen molar-refractivity contribution in [2.24, 2.45) is 0 Å². The van der Waals surface area contributed by atoms with E-state index in [1.54, 1.807) is 83.8 Å². The maximum absolute atomic E-state index is 13.2. The predicted molar refractivity (Wildman–Crippen MR) is 536 cm³/mol. The summed E-state index contributed by atoms with van der Waals surface area (Å²) in [5.41, 5.74) is 25.4. The van der Waals surface area contributed by atoms with E-state index in [2.05, 4.69) is 50.8 Å². The average Bonchev–Trinajstić information content (AvgIpc) is 0.821. The third-order valence-electron chi connectivity index (χ3n) is 20.4. The van der Waals surface area contributed by atoms with Crippen molar-refractivity contribution in [2.75, 3.05) is 118 Å². The Labute approximate surface area is 903 Å². The van der Waals surface area contributed by atoms with Gasteiger partial charge in [0.25, 0.3) is 11.8 Å². The molecule has 8 aromatic rings. The van der Waals surface area contributed by atoms with Crippen molar-refractivity contribution in [2.45, 2.75) is 141 Å². The molecule has 770 valence electrons. The molecule has 0 aliphatic rings. The monoisotopic (exact) mass is 2450 g/mol. The molecule has 0 fully saturated rings. The summed E-state index contributed by atoms with van der Waals surface area (Å²) < 4.78 is 76.9. The molecule has 7 atom stereocenters. The van der Waals surface area contributed by atoms with Gasteiger partial charge in [0.1, 0.15) is 69.3 Å². The molecule has 0 bridgehead atoms. The molecule has 8 rings (SSSR count). The van der Waals surface area contributed by atoms with Crippen LogP contribution < -0.4 is 89.5 Å². The summed E-state index contributed by atoms with van der Waals surface area (Å²) in [6.45, 7) is 5.35. The third kappa shape index (κ3) is 47.2. The standard InChI is InChI=1S/C24H34N3O6P.C23H31N3O6P.C23H30N3O6.C15H25N2O4P.C11H14N2O3.2Ac.H2O.3H2/c1-25-20(13-17-9-6-5-7-10-17)24(29)27(33-34)16-19-21(30-3)14-18(15-22(19)31-4)32-12-8-11-23(28)26-2;1-25-22(27)10-7-11-31-17-13-20(29-2)18(21(14-17)30-3)15-26(32-33)23(28)19(24)12-16-8-5-4-6-9-16;1-25-22(27)10-7-11-32-17-13-20(30-2)18(21(14-17)31-3)15-26(29)23(28)19(24)12-16-8-5-4-6-9-16;1-11-8-12(20-7-5-6-15(18)16-2)9-14(19-4)13(11)10-17(3)21-22;1-8(14)12-10(11(15)13-16)7-9-5-3-2-4-6-9;;;;;;/h5-7,9-10,14-15,20,25H,8,11-13,16,34H2,1-4H3,(H,26,28);4-6,8-9,13-14,19,24H,7,10-12,15,33H2,1-3H3,(H,25,27);4-6,8-9,13-14,19,24,29H,7,10-12,15H2,1-3H3,(H,25,27);8-9H,5-7,10,22H2,1-4H3,(H,16,18);2-6,10,16H,7H2,1H3,(H,12,14)(H,13,15);;;1H2;3*1H/q;2*-1;;;;;;;;/t20-;2*19-;;10-;;;;;;/m000.0....../s1/i;;;;;;;;3*1+2. The minimum Gasteiger partial charge on any atom is -0.666 e. The number of hydrogen-bond donors (Lipinski definition) is 9. The van der Waals surface area contributed by atoms with Gasteiger partial charge in [-0.15, -0.1) is 0 Å². The quantitative estimate of drug-likeness (QED) is 0.00740. The number of likely N-dealkylation sites (N-methyl/N-ethyl adjacent to an activating group) is 1. The number of hydrogen-bond acceptors (Lipinski definition) is 27. The normalized spacial score (nSPS) is 11.1. The van der Waals surface area contributed by atoms with Gasteiger partial charge in [-0.1, -0.05) is 133 Å². The Hall–Kier alpha value is -9.44. The van der Waals surface area contributed by atoms with Crippen LogP contribution in [0.3, 0.4) is 0 Å². The van der Waals surface area contributed by atoms with Crippen LogP contribution in [0.15, 0.2) is 170 Å². The molecule has 140 heavy (non-hydrogen) atoms. The number of methoxy groups -OCH3 is 7. The summed E-state index contributed by atoms with van der Waals surface area (Å²) in [6, 6.07) is 48.0. The van der Waals surface area contributed by atoms with E-state index in [0.717, 1.165) is 49.9 Å². The minimum absolute atomic E-state index is 0. The van der Waals surface area contributed by atoms with Crippen LogP contribution in [0.5, 0.6) is 63.2 Å². The Morgan fingerprint density at radius 2 is 0.671 bits per heavy atom. The number of carbonyl (C=O) groups is 9. The number of amides is 9. The number of rotatable bonds is 52. The summed E-state index contributed by atoms with van der Waals surface area (Å²) in [6.07, 6.45) is 5.19. The maximum Gasteiger partial charge on any atom is 0.266 e. The first-order chi connectivity index (χ1) is 65.9. The van der Waals surface area contributed by atoms with Gasteiger partial charge in [0, 0.05) is 243 Å². The molecular formula is C96H142Ac2N13O26P3-2. The van der Waals surface area contributed by atoms with Crippen LogP contribution in [-0.2, 0) is 109 Å². The van der Waals surface area contributed by atoms with Crippen LogP contribution in [0.25, 0.3) is 11.5 Å². The summed E-state index contributed by atoms with van der Waals surface area (Å²) >= 11 is 0. The van der Waals surface area contributed by atoms with Crippen LogP contribution in [0.4, 0.5) is 0 Å². The molecule has 44 heteroatoms. The van der Waals surface area contributed by atoms with Crippen LogP contribution in [0.1, 0.15) is 113 Å². The average molecular weight is 2450 g/mol. The molecule has 0 saturated carbocycles. The van der Waals surface area contributed by atoms with Crippen molar-refractivity contribution >= 4 is 81.6 Å². The Morgan fingerprint density at radius 1 is 0.393 bits per heavy atom. The summed E-state index contributed by atoms with van der Waals surface area (Å²) in [5.74, 6) is 3.08. The molecule has 9 amide bonds. The summed E-state index contributed by atoms with van der Waals surface area (Å²) in [7, 11) is 27.0. The van der Waals surface area contributed by atoms with Crippen molar-refractivity contribution in [3.8, 4) is 63.2 Å². The second kappa shape index (κ2) is 73.6. The number of ether oxygens (including phenoxy) is 11. The molecule has 8 aromatic carbocycles. The van der Waals surface area contributed by atoms with Crippen LogP contribution in [0, 0.1) is 95.0 Å². The zero-order valence-corrected chi connectivity index (χ0v) is 95.0. The first kappa shape index (κ1) is 129. The molecule has 0 aliphatic heterocycles. The number of carbonyl (C=O) groups excluding carboxylic acids is 9. The zero-order chi connectivity index (χ0) is 101. The van der Waals surface area contributed by atoms with E-state index in [1.165, 1.54) is 60.1 Å². The third-order valence-corrected chi connectivity index (χ3v) is 21.3. The van der Waals surface area contributed by atoms with Crippen molar-refractivity contribution in [1.29, 1.82) is 0 Å². The topological polar surface area (TPSA) is 500 Å². The van der Waals surface area contributed by atoms with Gasteiger partial charge in [0.2, 0.25) is 41.4 Å². The van der Waals surface area contributed by atoms with Gasteiger partial charge in [0.15, 0.2) is 0 Å². The van der Waals surface area contributed by atoms with E-state index in [9.17, 15) is 48.4 Å². The number of hydroxylamine groups is 9. The fourth-order valence-corrected chi connectivity index (χ4v) is 13.5. The van der Waals surface area contributed by atoms with E-state index in [4.69, 9.17) is 82.7 Å². The van der Waals surface area contributed by atoms with Crippen molar-refractivity contribution in [1.82, 2.24) is 57.6 Å². The molecule has 0 aromatic heterocycles. The number of benzene rings is 8. The first-order valence-electron chi connectivity index (χ1n) is 43.6. The molecule has 0 spiro atoms. The number of aryl methyl sites for hydroxylation is 1. The fraction of sp³-hybridized carbons (Fsp3) is 0.406. The van der Waals surface area contributed by atoms with Crippen molar-refractivity contribution < 1.29 is 217 Å². The van der Waals surface area contributed by atoms with Gasteiger partial charge in [-0.25, -0.2) is 20.7 Å². The Kier molecular flexibility index (Phi) is 67.6. The van der Waals surface area contributed by atoms with E-state index < -0.39 is 41.9 Å². The Bertz CT molecular complexity index is 4940.